The van der Waals surface area contributed by atoms with Crippen molar-refractivity contribution in [3.63, 3.8) is 0 Å². The van der Waals surface area contributed by atoms with Gasteiger partial charge in [-0.1, -0.05) is 31.6 Å². The van der Waals surface area contributed by atoms with Gasteiger partial charge in [0.15, 0.2) is 0 Å². The average Bonchev–Trinajstić information content (AvgIpc) is 3.07. The number of likely N-dealkylation sites (N-methyl/N-ethyl adjacent to an activating group) is 1. The molecule has 1 aliphatic heterocycles. The number of benzene rings is 1. The lowest BCUT2D eigenvalue weighted by molar-refractivity contribution is -0.141. The molecule has 7 heteroatoms. The lowest BCUT2D eigenvalue weighted by atomic mass is 9.78. The molecular formula is C22H25F3N2O2. The number of carbonyl (C=O) groups excluding carboxylic acids is 1. The van der Waals surface area contributed by atoms with E-state index in [4.69, 9.17) is 0 Å². The number of hydrogen-bond donors (Lipinski definition) is 2. The number of aromatic nitrogens is 1. The van der Waals surface area contributed by atoms with Gasteiger partial charge in [-0.15, -0.1) is 0 Å². The molecule has 2 heterocycles. The van der Waals surface area contributed by atoms with E-state index in [9.17, 15) is 23.1 Å². The van der Waals surface area contributed by atoms with Crippen LogP contribution in [0.15, 0.2) is 24.3 Å². The molecule has 2 N–H and O–H groups in total. The molecule has 1 aromatic heterocycles. The van der Waals surface area contributed by atoms with Gasteiger partial charge in [0.05, 0.1) is 0 Å². The first kappa shape index (κ1) is 20.2. The molecule has 4 rings (SSSR count). The van der Waals surface area contributed by atoms with Crippen LogP contribution in [0.25, 0.3) is 16.5 Å². The summed E-state index contributed by atoms with van der Waals surface area (Å²) in [5.74, 6) is -0.291. The zero-order valence-electron chi connectivity index (χ0n) is 16.5. The van der Waals surface area contributed by atoms with Gasteiger partial charge in [0.25, 0.3) is 0 Å². The molecule has 0 spiro atoms. The minimum atomic E-state index is -4.43. The second-order valence-electron chi connectivity index (χ2n) is 8.22. The number of aliphatic hydroxyl groups is 1. The molecule has 0 radical (unpaired) electrons. The largest absolute Gasteiger partial charge is 0.431 e. The smallest absolute Gasteiger partial charge is 0.396 e. The van der Waals surface area contributed by atoms with Gasteiger partial charge in [0.1, 0.15) is 11.5 Å². The second-order valence-corrected chi connectivity index (χ2v) is 8.22. The third-order valence-corrected chi connectivity index (χ3v) is 6.42. The Balaban J connectivity index is 1.78. The number of halogens is 3. The number of aromatic amines is 1. The van der Waals surface area contributed by atoms with Gasteiger partial charge < -0.3 is 10.1 Å². The number of aliphatic hydroxyl groups excluding tert-OH is 1. The van der Waals surface area contributed by atoms with Crippen molar-refractivity contribution in [1.29, 1.82) is 0 Å². The van der Waals surface area contributed by atoms with Crippen LogP contribution in [0.2, 0.25) is 0 Å². The first-order valence-electron chi connectivity index (χ1n) is 10.0. The molecule has 3 unspecified atom stereocenters. The first-order chi connectivity index (χ1) is 13.7. The summed E-state index contributed by atoms with van der Waals surface area (Å²) in [6, 6.07) is 5.09. The number of alkyl halides is 3. The Morgan fingerprint density at radius 1 is 1.38 bits per heavy atom. The molecular weight excluding hydrogens is 381 g/mol. The van der Waals surface area contributed by atoms with Gasteiger partial charge >= 0.3 is 6.18 Å². The Labute approximate surface area is 167 Å². The highest BCUT2D eigenvalue weighted by molar-refractivity contribution is 6.00. The van der Waals surface area contributed by atoms with Crippen molar-refractivity contribution in [1.82, 2.24) is 9.88 Å². The normalized spacial score (nSPS) is 23.0. The molecule has 0 bridgehead atoms. The predicted octanol–water partition coefficient (Wildman–Crippen LogP) is 4.03. The molecule has 2 aromatic rings. The molecule has 4 nitrogen and oxygen atoms in total. The van der Waals surface area contributed by atoms with Gasteiger partial charge in [-0.05, 0) is 42.2 Å². The third kappa shape index (κ3) is 3.40. The van der Waals surface area contributed by atoms with Gasteiger partial charge in [-0.2, -0.15) is 13.2 Å². The topological polar surface area (TPSA) is 56.3 Å². The van der Waals surface area contributed by atoms with Crippen LogP contribution in [0, 0.1) is 11.8 Å². The van der Waals surface area contributed by atoms with Crippen molar-refractivity contribution in [2.24, 2.45) is 11.8 Å². The second kappa shape index (κ2) is 7.29. The van der Waals surface area contributed by atoms with Crippen molar-refractivity contribution in [3.8, 4) is 0 Å². The molecule has 0 amide bonds. The Kier molecular flexibility index (Phi) is 5.07. The van der Waals surface area contributed by atoms with E-state index in [-0.39, 0.29) is 36.7 Å². The van der Waals surface area contributed by atoms with Gasteiger partial charge in [-0.3, -0.25) is 9.69 Å². The number of nitrogens with zero attached hydrogens (tertiary/aromatic N) is 1. The summed E-state index contributed by atoms with van der Waals surface area (Å²) in [6.45, 7) is 2.41. The molecule has 156 valence electrons. The van der Waals surface area contributed by atoms with Crippen LogP contribution in [0.4, 0.5) is 13.2 Å². The number of carbonyl (C=O) groups is 1. The van der Waals surface area contributed by atoms with Crippen molar-refractivity contribution in [2.75, 3.05) is 20.2 Å². The summed E-state index contributed by atoms with van der Waals surface area (Å²) >= 11 is 0. The Hall–Kier alpha value is -2.12. The minimum Gasteiger partial charge on any atom is -0.396 e. The lowest BCUT2D eigenvalue weighted by Gasteiger charge is -2.40. The number of H-pyrrole nitrogens is 1. The zero-order valence-corrected chi connectivity index (χ0v) is 16.5. The Morgan fingerprint density at radius 2 is 2.14 bits per heavy atom. The highest BCUT2D eigenvalue weighted by Gasteiger charge is 2.42. The Bertz CT molecular complexity index is 972. The summed E-state index contributed by atoms with van der Waals surface area (Å²) in [6.07, 6.45) is -1.16. The molecule has 2 aliphatic rings. The highest BCUT2D eigenvalue weighted by atomic mass is 19.4. The fraction of sp³-hybridized carbons (Fsp3) is 0.500. The van der Waals surface area contributed by atoms with E-state index in [1.165, 1.54) is 0 Å². The number of rotatable bonds is 5. The van der Waals surface area contributed by atoms with Crippen LogP contribution in [-0.2, 0) is 17.4 Å². The molecule has 1 aromatic carbocycles. The van der Waals surface area contributed by atoms with Gasteiger partial charge in [0, 0.05) is 42.4 Å². The van der Waals surface area contributed by atoms with Crippen LogP contribution in [0.1, 0.15) is 36.6 Å². The number of Topliss-reactive ketones (excluding diaryl/α,β-unsaturated/α-hetero) is 1. The molecule has 0 saturated carbocycles. The molecule has 29 heavy (non-hydrogen) atoms. The standard InChI is InChI=1S/C22H25F3N2O2/c1-3-12(11-28)7-19(29)13-8-15-14-5-4-6-17-20(14)16(9-18(15)27(2)10-13)21(26-17)22(23,24)25/h4-6,8,12-13,18,26,28H,3,7,9-11H2,1-2H3. The van der Waals surface area contributed by atoms with E-state index < -0.39 is 11.9 Å². The molecule has 0 fully saturated rings. The Morgan fingerprint density at radius 3 is 2.79 bits per heavy atom. The monoisotopic (exact) mass is 406 g/mol. The SMILES string of the molecule is CCC(CO)CC(=O)C1C=C2c3cccc4[nH]c(C(F)(F)F)c(c34)CC2N(C)C1. The van der Waals surface area contributed by atoms with Crippen LogP contribution in [-0.4, -0.2) is 47.0 Å². The quantitative estimate of drug-likeness (QED) is 0.788. The van der Waals surface area contributed by atoms with Crippen LogP contribution in [0.3, 0.4) is 0 Å². The fourth-order valence-electron chi connectivity index (χ4n) is 4.76. The number of hydrogen-bond acceptors (Lipinski definition) is 3. The summed E-state index contributed by atoms with van der Waals surface area (Å²) < 4.78 is 40.7. The van der Waals surface area contributed by atoms with E-state index in [2.05, 4.69) is 4.98 Å². The zero-order chi connectivity index (χ0) is 20.9. The van der Waals surface area contributed by atoms with Crippen molar-refractivity contribution < 1.29 is 23.1 Å². The van der Waals surface area contributed by atoms with Crippen LogP contribution >= 0.6 is 0 Å². The third-order valence-electron chi connectivity index (χ3n) is 6.42. The maximum Gasteiger partial charge on any atom is 0.431 e. The number of fused-ring (bicyclic) bond motifs is 2. The van der Waals surface area contributed by atoms with Crippen LogP contribution < -0.4 is 0 Å². The number of ketones is 1. The summed E-state index contributed by atoms with van der Waals surface area (Å²) in [7, 11) is 1.87. The molecule has 3 atom stereocenters. The predicted molar refractivity (Wildman–Crippen MR) is 105 cm³/mol. The van der Waals surface area contributed by atoms with Gasteiger partial charge in [0.2, 0.25) is 0 Å². The van der Waals surface area contributed by atoms with Crippen LogP contribution in [0.5, 0.6) is 0 Å². The van der Waals surface area contributed by atoms with Gasteiger partial charge in [-0.25, -0.2) is 0 Å². The molecule has 0 saturated heterocycles. The van der Waals surface area contributed by atoms with E-state index in [1.54, 1.807) is 12.1 Å². The fourth-order valence-corrected chi connectivity index (χ4v) is 4.76. The van der Waals surface area contributed by atoms with E-state index in [0.717, 1.165) is 17.6 Å². The minimum absolute atomic E-state index is 0.0176. The first-order valence-corrected chi connectivity index (χ1v) is 10.0. The van der Waals surface area contributed by atoms with E-state index in [1.807, 2.05) is 31.0 Å². The van der Waals surface area contributed by atoms with Crippen molar-refractivity contribution in [2.45, 2.75) is 38.4 Å². The maximum atomic E-state index is 13.6. The van der Waals surface area contributed by atoms with E-state index in [0.29, 0.717) is 29.4 Å². The van der Waals surface area contributed by atoms with Crippen molar-refractivity contribution >= 4 is 22.3 Å². The summed E-state index contributed by atoms with van der Waals surface area (Å²) in [5.41, 5.74) is 1.83. The lowest BCUT2D eigenvalue weighted by Crippen LogP contribution is -2.44. The summed E-state index contributed by atoms with van der Waals surface area (Å²) in [4.78, 5) is 17.4. The molecule has 1 aliphatic carbocycles. The highest BCUT2D eigenvalue weighted by Crippen LogP contribution is 2.45. The number of nitrogens with one attached hydrogen (secondary N) is 1. The van der Waals surface area contributed by atoms with E-state index >= 15 is 0 Å². The van der Waals surface area contributed by atoms with Crippen molar-refractivity contribution in [3.05, 3.63) is 41.1 Å². The summed E-state index contributed by atoms with van der Waals surface area (Å²) in [5, 5.41) is 10.0. The average molecular weight is 406 g/mol. The maximum absolute atomic E-state index is 13.6.